The van der Waals surface area contributed by atoms with Crippen molar-refractivity contribution in [2.75, 3.05) is 5.32 Å². The lowest BCUT2D eigenvalue weighted by Crippen LogP contribution is -2.07. The Labute approximate surface area is 188 Å². The monoisotopic (exact) mass is 446 g/mol. The van der Waals surface area contributed by atoms with Crippen molar-refractivity contribution < 1.29 is 0 Å². The highest BCUT2D eigenvalue weighted by molar-refractivity contribution is 7.15. The fourth-order valence-electron chi connectivity index (χ4n) is 3.50. The third kappa shape index (κ3) is 4.02. The maximum absolute atomic E-state index is 6.04. The number of hydrogen-bond acceptors (Lipinski definition) is 6. The molecule has 0 radical (unpaired) electrons. The molecule has 0 saturated heterocycles. The second-order valence-corrected chi connectivity index (χ2v) is 8.50. The number of thiazole rings is 1. The van der Waals surface area contributed by atoms with Gasteiger partial charge in [-0.2, -0.15) is 4.98 Å². The molecule has 0 bridgehead atoms. The molecule has 5 rings (SSSR count). The van der Waals surface area contributed by atoms with Crippen LogP contribution < -0.4 is 5.32 Å². The summed E-state index contributed by atoms with van der Waals surface area (Å²) in [6.45, 7) is 3.88. The standard InChI is InChI=1S/C23H19ClN6S/c1-14-19(12-16-8-10-18(24)11-9-16)21(26-15(2)25-14)27-22-28-23-30(29-22)20(13-31-23)17-6-4-3-5-7-17/h3-11,13H,12H2,1-2H3,(H,25,26,27,29). The first-order valence-electron chi connectivity index (χ1n) is 9.82. The Balaban J connectivity index is 1.50. The van der Waals surface area contributed by atoms with Gasteiger partial charge >= 0.3 is 0 Å². The summed E-state index contributed by atoms with van der Waals surface area (Å²) in [6.07, 6.45) is 0.684. The third-order valence-corrected chi connectivity index (χ3v) is 6.07. The Morgan fingerprint density at radius 3 is 2.52 bits per heavy atom. The molecule has 3 heterocycles. The highest BCUT2D eigenvalue weighted by atomic mass is 35.5. The van der Waals surface area contributed by atoms with Gasteiger partial charge in [0, 0.05) is 33.6 Å². The van der Waals surface area contributed by atoms with E-state index in [4.69, 9.17) is 16.7 Å². The van der Waals surface area contributed by atoms with Crippen LogP contribution in [0.2, 0.25) is 5.02 Å². The van der Waals surface area contributed by atoms with Crippen molar-refractivity contribution in [1.29, 1.82) is 0 Å². The zero-order valence-electron chi connectivity index (χ0n) is 17.0. The molecule has 0 atom stereocenters. The number of benzene rings is 2. The van der Waals surface area contributed by atoms with Crippen LogP contribution in [0.15, 0.2) is 60.0 Å². The number of hydrogen-bond donors (Lipinski definition) is 1. The molecule has 0 aliphatic heterocycles. The van der Waals surface area contributed by atoms with E-state index >= 15 is 0 Å². The molecule has 0 amide bonds. The van der Waals surface area contributed by atoms with Crippen molar-refractivity contribution in [2.45, 2.75) is 20.3 Å². The quantitative estimate of drug-likeness (QED) is 0.366. The van der Waals surface area contributed by atoms with Gasteiger partial charge in [0.15, 0.2) is 0 Å². The van der Waals surface area contributed by atoms with E-state index in [0.717, 1.165) is 43.9 Å². The van der Waals surface area contributed by atoms with Gasteiger partial charge in [-0.1, -0.05) is 54.1 Å². The Hall–Kier alpha value is -3.29. The van der Waals surface area contributed by atoms with E-state index in [0.29, 0.717) is 18.2 Å². The van der Waals surface area contributed by atoms with Gasteiger partial charge in [-0.3, -0.25) is 0 Å². The Morgan fingerprint density at radius 2 is 1.74 bits per heavy atom. The van der Waals surface area contributed by atoms with Crippen molar-refractivity contribution >= 4 is 39.7 Å². The van der Waals surface area contributed by atoms with Crippen molar-refractivity contribution in [3.63, 3.8) is 0 Å². The van der Waals surface area contributed by atoms with Gasteiger partial charge in [0.2, 0.25) is 10.9 Å². The SMILES string of the molecule is Cc1nc(C)c(Cc2ccc(Cl)cc2)c(Nc2nc3scc(-c4ccccc4)n3n2)n1. The maximum Gasteiger partial charge on any atom is 0.249 e. The maximum atomic E-state index is 6.04. The number of anilines is 2. The van der Waals surface area contributed by atoms with Crippen molar-refractivity contribution in [1.82, 2.24) is 24.6 Å². The molecule has 154 valence electrons. The van der Waals surface area contributed by atoms with Gasteiger partial charge < -0.3 is 5.32 Å². The largest absolute Gasteiger partial charge is 0.307 e. The average molecular weight is 447 g/mol. The third-order valence-electron chi connectivity index (χ3n) is 5.00. The molecule has 0 saturated carbocycles. The predicted molar refractivity (Wildman–Crippen MR) is 125 cm³/mol. The summed E-state index contributed by atoms with van der Waals surface area (Å²) in [6, 6.07) is 18.0. The van der Waals surface area contributed by atoms with E-state index in [1.54, 1.807) is 11.3 Å². The van der Waals surface area contributed by atoms with Crippen LogP contribution in [0.3, 0.4) is 0 Å². The molecular weight excluding hydrogens is 428 g/mol. The van der Waals surface area contributed by atoms with Crippen molar-refractivity contribution in [3.8, 4) is 11.3 Å². The minimum absolute atomic E-state index is 0.513. The van der Waals surface area contributed by atoms with Gasteiger partial charge in [0.1, 0.15) is 11.6 Å². The highest BCUT2D eigenvalue weighted by Gasteiger charge is 2.16. The molecule has 3 aromatic heterocycles. The van der Waals surface area contributed by atoms with Crippen LogP contribution in [0.25, 0.3) is 16.2 Å². The number of aromatic nitrogens is 5. The Kier molecular flexibility index (Phi) is 5.13. The fraction of sp³-hybridized carbons (Fsp3) is 0.130. The smallest absolute Gasteiger partial charge is 0.249 e. The number of nitrogens with one attached hydrogen (secondary N) is 1. The predicted octanol–water partition coefficient (Wildman–Crippen LogP) is 5.85. The molecule has 0 aliphatic rings. The first-order chi connectivity index (χ1) is 15.1. The highest BCUT2D eigenvalue weighted by Crippen LogP contribution is 2.28. The molecule has 2 aromatic carbocycles. The van der Waals surface area contributed by atoms with Gasteiger partial charge in [-0.25, -0.2) is 14.5 Å². The van der Waals surface area contributed by atoms with Crippen LogP contribution in [0.4, 0.5) is 11.8 Å². The summed E-state index contributed by atoms with van der Waals surface area (Å²) >= 11 is 7.59. The van der Waals surface area contributed by atoms with Crippen molar-refractivity contribution in [3.05, 3.63) is 87.6 Å². The Morgan fingerprint density at radius 1 is 0.968 bits per heavy atom. The first kappa shape index (κ1) is 19.7. The zero-order valence-corrected chi connectivity index (χ0v) is 18.6. The summed E-state index contributed by atoms with van der Waals surface area (Å²) < 4.78 is 1.86. The minimum atomic E-state index is 0.513. The van der Waals surface area contributed by atoms with Crippen LogP contribution in [0.1, 0.15) is 22.6 Å². The van der Waals surface area contributed by atoms with E-state index in [-0.39, 0.29) is 0 Å². The van der Waals surface area contributed by atoms with Gasteiger partial charge in [-0.05, 0) is 31.5 Å². The summed E-state index contributed by atoms with van der Waals surface area (Å²) in [5.41, 5.74) is 5.18. The second kappa shape index (κ2) is 8.09. The van der Waals surface area contributed by atoms with Crippen LogP contribution in [0.5, 0.6) is 0 Å². The van der Waals surface area contributed by atoms with Crippen LogP contribution >= 0.6 is 22.9 Å². The first-order valence-corrected chi connectivity index (χ1v) is 11.1. The molecule has 31 heavy (non-hydrogen) atoms. The van der Waals surface area contributed by atoms with Gasteiger partial charge in [0.25, 0.3) is 0 Å². The second-order valence-electron chi connectivity index (χ2n) is 7.23. The number of rotatable bonds is 5. The number of fused-ring (bicyclic) bond motifs is 1. The topological polar surface area (TPSA) is 68.0 Å². The Bertz CT molecular complexity index is 1360. The van der Waals surface area contributed by atoms with E-state index in [2.05, 4.69) is 37.8 Å². The summed E-state index contributed by atoms with van der Waals surface area (Å²) in [7, 11) is 0. The lowest BCUT2D eigenvalue weighted by molar-refractivity contribution is 0.952. The number of nitrogens with zero attached hydrogens (tertiary/aromatic N) is 5. The fourth-order valence-corrected chi connectivity index (χ4v) is 4.46. The number of aryl methyl sites for hydroxylation is 2. The molecular formula is C23H19ClN6S. The molecule has 8 heteroatoms. The van der Waals surface area contributed by atoms with E-state index in [1.165, 1.54) is 0 Å². The molecule has 5 aromatic rings. The summed E-state index contributed by atoms with van der Waals surface area (Å²) in [5.74, 6) is 1.93. The molecule has 0 unspecified atom stereocenters. The van der Waals surface area contributed by atoms with Gasteiger partial charge in [0.05, 0.1) is 5.69 Å². The summed E-state index contributed by atoms with van der Waals surface area (Å²) in [5, 5.41) is 10.8. The van der Waals surface area contributed by atoms with E-state index in [9.17, 15) is 0 Å². The van der Waals surface area contributed by atoms with Crippen molar-refractivity contribution in [2.24, 2.45) is 0 Å². The van der Waals surface area contributed by atoms with Gasteiger partial charge in [-0.15, -0.1) is 16.4 Å². The molecule has 1 N–H and O–H groups in total. The molecule has 0 aliphatic carbocycles. The van der Waals surface area contributed by atoms with E-state index < -0.39 is 0 Å². The molecule has 0 spiro atoms. The normalized spacial score (nSPS) is 11.2. The number of halogens is 1. The summed E-state index contributed by atoms with van der Waals surface area (Å²) in [4.78, 5) is 14.7. The molecule has 0 fully saturated rings. The lowest BCUT2D eigenvalue weighted by atomic mass is 10.0. The van der Waals surface area contributed by atoms with Crippen LogP contribution in [0, 0.1) is 13.8 Å². The van der Waals surface area contributed by atoms with Crippen LogP contribution in [-0.4, -0.2) is 24.6 Å². The zero-order chi connectivity index (χ0) is 21.4. The van der Waals surface area contributed by atoms with E-state index in [1.807, 2.05) is 60.8 Å². The average Bonchev–Trinajstić information content (AvgIpc) is 3.33. The lowest BCUT2D eigenvalue weighted by Gasteiger charge is -2.12. The molecule has 6 nitrogen and oxygen atoms in total. The minimum Gasteiger partial charge on any atom is -0.307 e. The van der Waals surface area contributed by atoms with Crippen LogP contribution in [-0.2, 0) is 6.42 Å².